The molecule has 1 aromatic heterocycles. The standard InChI is InChI=1S/C10H9ClN2O/c11-7-2-1-3-8-6(4-7)5-9(13-8)10(12)14/h2-5,13H,1H2,(H2,12,14). The minimum atomic E-state index is -0.458. The van der Waals surface area contributed by atoms with Crippen LogP contribution < -0.4 is 16.3 Å². The molecule has 0 fully saturated rings. The van der Waals surface area contributed by atoms with Crippen LogP contribution in [0.4, 0.5) is 0 Å². The molecule has 0 radical (unpaired) electrons. The third-order valence-electron chi connectivity index (χ3n) is 2.07. The number of primary amides is 1. The van der Waals surface area contributed by atoms with Gasteiger partial charge < -0.3 is 10.7 Å². The molecule has 1 aliphatic carbocycles. The van der Waals surface area contributed by atoms with Crippen LogP contribution in [0.25, 0.3) is 12.2 Å². The van der Waals surface area contributed by atoms with E-state index in [4.69, 9.17) is 17.3 Å². The molecule has 14 heavy (non-hydrogen) atoms. The zero-order valence-electron chi connectivity index (χ0n) is 7.38. The Balaban J connectivity index is 2.67. The van der Waals surface area contributed by atoms with E-state index in [1.165, 1.54) is 0 Å². The van der Waals surface area contributed by atoms with Crippen molar-refractivity contribution >= 4 is 29.7 Å². The van der Waals surface area contributed by atoms with E-state index in [0.717, 1.165) is 17.0 Å². The number of carbonyl (C=O) groups excluding carboxylic acids is 1. The average molecular weight is 209 g/mol. The number of amides is 1. The molecule has 1 amide bonds. The van der Waals surface area contributed by atoms with Crippen LogP contribution >= 0.6 is 11.6 Å². The first-order valence-corrected chi connectivity index (χ1v) is 4.61. The fourth-order valence-electron chi connectivity index (χ4n) is 1.40. The van der Waals surface area contributed by atoms with Gasteiger partial charge in [-0.25, -0.2) is 0 Å². The zero-order valence-corrected chi connectivity index (χ0v) is 8.14. The Morgan fingerprint density at radius 3 is 3.00 bits per heavy atom. The van der Waals surface area contributed by atoms with Crippen LogP contribution in [-0.2, 0) is 0 Å². The third kappa shape index (κ3) is 1.59. The summed E-state index contributed by atoms with van der Waals surface area (Å²) in [7, 11) is 0. The number of nitrogens with one attached hydrogen (secondary N) is 1. The molecule has 0 spiro atoms. The van der Waals surface area contributed by atoms with Crippen LogP contribution in [0, 0.1) is 0 Å². The lowest BCUT2D eigenvalue weighted by Crippen LogP contribution is -2.21. The van der Waals surface area contributed by atoms with Crippen molar-refractivity contribution in [1.29, 1.82) is 0 Å². The summed E-state index contributed by atoms with van der Waals surface area (Å²) in [5, 5.41) is 2.47. The van der Waals surface area contributed by atoms with Gasteiger partial charge in [-0.2, -0.15) is 0 Å². The number of carbonyl (C=O) groups is 1. The van der Waals surface area contributed by atoms with Crippen LogP contribution in [0.15, 0.2) is 17.2 Å². The molecule has 1 aromatic rings. The number of H-pyrrole nitrogens is 1. The number of rotatable bonds is 1. The van der Waals surface area contributed by atoms with Crippen molar-refractivity contribution < 1.29 is 4.79 Å². The summed E-state index contributed by atoms with van der Waals surface area (Å²) in [5.41, 5.74) is 5.56. The molecule has 0 saturated heterocycles. The van der Waals surface area contributed by atoms with Crippen LogP contribution in [0.2, 0.25) is 0 Å². The van der Waals surface area contributed by atoms with Gasteiger partial charge in [0.05, 0.1) is 0 Å². The normalized spacial score (nSPS) is 14.5. The van der Waals surface area contributed by atoms with Crippen LogP contribution in [0.1, 0.15) is 16.9 Å². The van der Waals surface area contributed by atoms with Gasteiger partial charge in [-0.05, 0) is 18.6 Å². The highest BCUT2D eigenvalue weighted by atomic mass is 35.5. The van der Waals surface area contributed by atoms with Crippen molar-refractivity contribution in [1.82, 2.24) is 4.98 Å². The lowest BCUT2D eigenvalue weighted by atomic mass is 10.3. The molecule has 0 atom stereocenters. The van der Waals surface area contributed by atoms with Crippen molar-refractivity contribution in [3.63, 3.8) is 0 Å². The number of aromatic amines is 1. The molecule has 0 saturated carbocycles. The van der Waals surface area contributed by atoms with Gasteiger partial charge >= 0.3 is 0 Å². The maximum atomic E-state index is 10.9. The number of hydrogen-bond acceptors (Lipinski definition) is 1. The molecule has 1 aliphatic rings. The molecule has 0 bridgehead atoms. The van der Waals surface area contributed by atoms with E-state index in [0.29, 0.717) is 10.7 Å². The Morgan fingerprint density at radius 1 is 1.50 bits per heavy atom. The van der Waals surface area contributed by atoms with Crippen LogP contribution in [-0.4, -0.2) is 10.9 Å². The number of aromatic nitrogens is 1. The van der Waals surface area contributed by atoms with Gasteiger partial charge in [0.15, 0.2) is 0 Å². The lowest BCUT2D eigenvalue weighted by Gasteiger charge is -1.85. The Morgan fingerprint density at radius 2 is 2.29 bits per heavy atom. The molecular formula is C10H9ClN2O. The monoisotopic (exact) mass is 208 g/mol. The van der Waals surface area contributed by atoms with Gasteiger partial charge in [-0.15, -0.1) is 0 Å². The molecule has 3 nitrogen and oxygen atoms in total. The first kappa shape index (κ1) is 9.09. The summed E-state index contributed by atoms with van der Waals surface area (Å²) < 4.78 is 0. The molecular weight excluding hydrogens is 200 g/mol. The molecule has 0 aromatic carbocycles. The minimum Gasteiger partial charge on any atom is -0.364 e. The van der Waals surface area contributed by atoms with Gasteiger partial charge in [0, 0.05) is 15.6 Å². The molecule has 0 unspecified atom stereocenters. The quantitative estimate of drug-likeness (QED) is 0.681. The second-order valence-electron chi connectivity index (χ2n) is 3.09. The molecule has 1 heterocycles. The molecule has 2 rings (SSSR count). The van der Waals surface area contributed by atoms with E-state index in [9.17, 15) is 4.79 Å². The van der Waals surface area contributed by atoms with Gasteiger partial charge in [0.2, 0.25) is 0 Å². The number of halogens is 1. The van der Waals surface area contributed by atoms with E-state index in [-0.39, 0.29) is 0 Å². The fourth-order valence-corrected chi connectivity index (χ4v) is 1.61. The first-order valence-electron chi connectivity index (χ1n) is 4.23. The van der Waals surface area contributed by atoms with Crippen LogP contribution in [0.5, 0.6) is 0 Å². The van der Waals surface area contributed by atoms with Crippen molar-refractivity contribution in [3.05, 3.63) is 33.4 Å². The topological polar surface area (TPSA) is 58.9 Å². The molecule has 0 aliphatic heterocycles. The summed E-state index contributed by atoms with van der Waals surface area (Å²) in [6.07, 6.45) is 6.43. The maximum absolute atomic E-state index is 10.9. The van der Waals surface area contributed by atoms with Crippen molar-refractivity contribution in [3.8, 4) is 0 Å². The molecule has 4 heteroatoms. The predicted molar refractivity (Wildman–Crippen MR) is 56.0 cm³/mol. The zero-order chi connectivity index (χ0) is 10.1. The van der Waals surface area contributed by atoms with Crippen molar-refractivity contribution in [2.75, 3.05) is 0 Å². The summed E-state index contributed by atoms with van der Waals surface area (Å²) in [6, 6.07) is 1.70. The molecule has 72 valence electrons. The third-order valence-corrected chi connectivity index (χ3v) is 2.34. The number of nitrogens with two attached hydrogens (primary N) is 1. The summed E-state index contributed by atoms with van der Waals surface area (Å²) in [4.78, 5) is 13.8. The van der Waals surface area contributed by atoms with Crippen molar-refractivity contribution in [2.24, 2.45) is 5.73 Å². The molecule has 3 N–H and O–H groups in total. The highest BCUT2D eigenvalue weighted by Gasteiger charge is 2.03. The smallest absolute Gasteiger partial charge is 0.265 e. The highest BCUT2D eigenvalue weighted by molar-refractivity contribution is 6.34. The summed E-state index contributed by atoms with van der Waals surface area (Å²) >= 11 is 5.89. The largest absolute Gasteiger partial charge is 0.364 e. The van der Waals surface area contributed by atoms with E-state index in [1.807, 2.05) is 18.2 Å². The highest BCUT2D eigenvalue weighted by Crippen LogP contribution is 2.05. The van der Waals surface area contributed by atoms with Gasteiger partial charge in [-0.3, -0.25) is 4.79 Å². The van der Waals surface area contributed by atoms with Crippen LogP contribution in [0.3, 0.4) is 0 Å². The second-order valence-corrected chi connectivity index (χ2v) is 3.53. The Kier molecular flexibility index (Phi) is 2.17. The van der Waals surface area contributed by atoms with E-state index in [2.05, 4.69) is 4.98 Å². The maximum Gasteiger partial charge on any atom is 0.265 e. The lowest BCUT2D eigenvalue weighted by molar-refractivity contribution is 0.0996. The minimum absolute atomic E-state index is 0.411. The van der Waals surface area contributed by atoms with Gasteiger partial charge in [-0.1, -0.05) is 23.8 Å². The fraction of sp³-hybridized carbons (Fsp3) is 0.100. The number of allylic oxidation sites excluding steroid dienone is 2. The Hall–Kier alpha value is -1.48. The number of fused-ring (bicyclic) bond motifs is 1. The summed E-state index contributed by atoms with van der Waals surface area (Å²) in [5.74, 6) is -0.458. The van der Waals surface area contributed by atoms with E-state index < -0.39 is 5.91 Å². The van der Waals surface area contributed by atoms with E-state index >= 15 is 0 Å². The SMILES string of the molecule is NC(=O)c1cc2c([nH]1)=CCC=C(Cl)C=2. The first-order chi connectivity index (χ1) is 6.66. The average Bonchev–Trinajstić information content (AvgIpc) is 2.42. The summed E-state index contributed by atoms with van der Waals surface area (Å²) in [6.45, 7) is 0. The van der Waals surface area contributed by atoms with Gasteiger partial charge in [0.25, 0.3) is 5.91 Å². The van der Waals surface area contributed by atoms with Gasteiger partial charge in [0.1, 0.15) is 5.69 Å². The predicted octanol–water partition coefficient (Wildman–Crippen LogP) is 0.201. The second kappa shape index (κ2) is 3.35. The van der Waals surface area contributed by atoms with Crippen molar-refractivity contribution in [2.45, 2.75) is 6.42 Å². The Labute approximate surface area is 85.6 Å². The van der Waals surface area contributed by atoms with E-state index in [1.54, 1.807) is 6.07 Å². The Bertz CT molecular complexity index is 525. The number of hydrogen-bond donors (Lipinski definition) is 2.